The molecule has 0 saturated carbocycles. The maximum Gasteiger partial charge on any atom is 0.113 e. The molecule has 448 valence electrons. The first-order chi connectivity index (χ1) is 47.2. The van der Waals surface area contributed by atoms with Crippen LogP contribution < -0.4 is 9.80 Å². The van der Waals surface area contributed by atoms with Crippen molar-refractivity contribution in [2.75, 3.05) is 9.80 Å². The monoisotopic (exact) mass is 1230 g/mol. The minimum atomic E-state index is 0.877. The fraction of sp³-hybridized carbons (Fsp3) is 0. The molecule has 0 unspecified atom stereocenters. The lowest BCUT2D eigenvalue weighted by Crippen LogP contribution is -2.10. The first-order valence-corrected chi connectivity index (χ1v) is 32.9. The van der Waals surface area contributed by atoms with Crippen molar-refractivity contribution in [1.82, 2.24) is 8.75 Å². The van der Waals surface area contributed by atoms with Crippen LogP contribution in [0, 0.1) is 0 Å². The molecule has 15 aromatic carbocycles. The van der Waals surface area contributed by atoms with Gasteiger partial charge in [0.15, 0.2) is 0 Å². The largest absolute Gasteiger partial charge is 0.310 e. The average molecular weight is 1230 g/mol. The van der Waals surface area contributed by atoms with Gasteiger partial charge < -0.3 is 9.80 Å². The molecule has 5 heteroatoms. The van der Waals surface area contributed by atoms with E-state index in [0.717, 1.165) is 112 Å². The minimum absolute atomic E-state index is 0.877. The van der Waals surface area contributed by atoms with E-state index in [1.54, 1.807) is 0 Å². The van der Waals surface area contributed by atoms with Gasteiger partial charge in [0.05, 0.1) is 23.1 Å². The van der Waals surface area contributed by atoms with Crippen LogP contribution in [-0.2, 0) is 0 Å². The molecule has 0 atom stereocenters. The molecule has 0 aliphatic carbocycles. The number of anilines is 6. The quantitative estimate of drug-likeness (QED) is 0.0903. The third-order valence-electron chi connectivity index (χ3n) is 18.0. The number of nitrogens with zero attached hydrogens (tertiary/aromatic N) is 4. The summed E-state index contributed by atoms with van der Waals surface area (Å²) >= 11 is 1.26. The first kappa shape index (κ1) is 57.8. The molecule has 95 heavy (non-hydrogen) atoms. The molecule has 0 saturated heterocycles. The molecule has 16 rings (SSSR count). The molecule has 0 aliphatic rings. The van der Waals surface area contributed by atoms with Gasteiger partial charge in [-0.2, -0.15) is 8.75 Å². The van der Waals surface area contributed by atoms with Crippen LogP contribution >= 0.6 is 11.7 Å². The van der Waals surface area contributed by atoms with Crippen LogP contribution in [0.2, 0.25) is 0 Å². The Balaban J connectivity index is 0.747. The zero-order chi connectivity index (χ0) is 63.3. The molecular formula is C90H62N4S. The van der Waals surface area contributed by atoms with Crippen LogP contribution in [0.4, 0.5) is 34.1 Å². The third-order valence-corrected chi connectivity index (χ3v) is 18.5. The van der Waals surface area contributed by atoms with Gasteiger partial charge in [-0.3, -0.25) is 0 Å². The van der Waals surface area contributed by atoms with Crippen LogP contribution in [0.5, 0.6) is 0 Å². The summed E-state index contributed by atoms with van der Waals surface area (Å²) in [6, 6.07) is 136. The van der Waals surface area contributed by atoms with Gasteiger partial charge in [0, 0.05) is 44.6 Å². The minimum Gasteiger partial charge on any atom is -0.310 e. The normalized spacial score (nSPS) is 11.2. The van der Waals surface area contributed by atoms with Crippen LogP contribution in [0.25, 0.3) is 77.1 Å². The molecule has 16 aromatic rings. The Morgan fingerprint density at radius 2 is 0.453 bits per heavy atom. The van der Waals surface area contributed by atoms with E-state index in [9.17, 15) is 0 Å². The summed E-state index contributed by atoms with van der Waals surface area (Å²) in [5.74, 6) is 0. The smallest absolute Gasteiger partial charge is 0.113 e. The highest BCUT2D eigenvalue weighted by atomic mass is 32.1. The van der Waals surface area contributed by atoms with Crippen LogP contribution in [0.1, 0.15) is 44.5 Å². The highest BCUT2D eigenvalue weighted by molar-refractivity contribution is 7.00. The number of fused-ring (bicyclic) bond motifs is 3. The maximum absolute atomic E-state index is 5.01. The topological polar surface area (TPSA) is 32.3 Å². The Morgan fingerprint density at radius 3 is 0.747 bits per heavy atom. The maximum atomic E-state index is 5.01. The molecule has 0 radical (unpaired) electrons. The lowest BCUT2D eigenvalue weighted by molar-refractivity contribution is 1.29. The zero-order valence-electron chi connectivity index (χ0n) is 52.0. The lowest BCUT2D eigenvalue weighted by Gasteiger charge is -2.27. The Morgan fingerprint density at radius 1 is 0.211 bits per heavy atom. The molecule has 0 amide bonds. The predicted molar refractivity (Wildman–Crippen MR) is 401 cm³/mol. The third kappa shape index (κ3) is 11.5. The highest BCUT2D eigenvalue weighted by Gasteiger charge is 2.23. The molecule has 0 fully saturated rings. The number of aromatic nitrogens is 2. The van der Waals surface area contributed by atoms with Gasteiger partial charge in [-0.25, -0.2) is 0 Å². The van der Waals surface area contributed by atoms with Crippen LogP contribution in [0.15, 0.2) is 376 Å². The van der Waals surface area contributed by atoms with Gasteiger partial charge >= 0.3 is 0 Å². The molecule has 0 aliphatic heterocycles. The van der Waals surface area contributed by atoms with Gasteiger partial charge in [0.1, 0.15) is 11.0 Å². The standard InChI is InChI=1S/C90H62N4S/c1-7-27-67(28-8-1)85(68-29-9-2-10-30-68)87(71-35-15-5-16-36-71)73-49-57-77(58-50-73)93(83-43-23-39-63-25-19-21-41-79(63)83)75-53-45-65(46-54-75)81-61-62-82(90-89(81)91-95-92-90)66-47-55-76(56-48-66)94(84-44-24-40-64-26-20-22-42-80(64)84)78-59-51-74(52-60-78)88(72-37-17-6-18-38-72)86(69-31-11-3-12-32-69)70-33-13-4-14-34-70/h1-62H. The Hall–Kier alpha value is -12.3. The molecule has 4 nitrogen and oxygen atoms in total. The molecule has 0 spiro atoms. The van der Waals surface area contributed by atoms with E-state index in [1.807, 2.05) is 0 Å². The Kier molecular flexibility index (Phi) is 15.9. The summed E-state index contributed by atoms with van der Waals surface area (Å²) in [6.45, 7) is 0. The van der Waals surface area contributed by atoms with E-state index >= 15 is 0 Å². The summed E-state index contributed by atoms with van der Waals surface area (Å²) < 4.78 is 10.0. The summed E-state index contributed by atoms with van der Waals surface area (Å²) in [4.78, 5) is 4.77. The zero-order valence-corrected chi connectivity index (χ0v) is 52.8. The van der Waals surface area contributed by atoms with Gasteiger partial charge in [-0.15, -0.1) is 0 Å². The van der Waals surface area contributed by atoms with Crippen LogP contribution in [-0.4, -0.2) is 8.75 Å². The van der Waals surface area contributed by atoms with Crippen molar-refractivity contribution >= 4 is 101 Å². The van der Waals surface area contributed by atoms with Gasteiger partial charge in [-0.05, 0) is 149 Å². The molecule has 0 N–H and O–H groups in total. The van der Waals surface area contributed by atoms with Crippen molar-refractivity contribution < 1.29 is 0 Å². The van der Waals surface area contributed by atoms with E-state index in [4.69, 9.17) is 8.75 Å². The molecule has 1 heterocycles. The van der Waals surface area contributed by atoms with Gasteiger partial charge in [0.25, 0.3) is 0 Å². The van der Waals surface area contributed by atoms with E-state index in [0.29, 0.717) is 0 Å². The van der Waals surface area contributed by atoms with E-state index in [2.05, 4.69) is 386 Å². The fourth-order valence-corrected chi connectivity index (χ4v) is 14.2. The molecular weight excluding hydrogens is 1170 g/mol. The van der Waals surface area contributed by atoms with E-state index in [1.165, 1.54) is 55.6 Å². The van der Waals surface area contributed by atoms with E-state index < -0.39 is 0 Å². The summed E-state index contributed by atoms with van der Waals surface area (Å²) in [6.07, 6.45) is 0. The fourth-order valence-electron chi connectivity index (χ4n) is 13.6. The van der Waals surface area contributed by atoms with Crippen LogP contribution in [0.3, 0.4) is 0 Å². The molecule has 0 bridgehead atoms. The van der Waals surface area contributed by atoms with Crippen molar-refractivity contribution in [1.29, 1.82) is 0 Å². The number of hydrogen-bond acceptors (Lipinski definition) is 5. The van der Waals surface area contributed by atoms with Crippen molar-refractivity contribution in [3.05, 3.63) is 421 Å². The second-order valence-corrected chi connectivity index (χ2v) is 24.2. The lowest BCUT2D eigenvalue weighted by atomic mass is 9.86. The van der Waals surface area contributed by atoms with E-state index in [-0.39, 0.29) is 0 Å². The first-order valence-electron chi connectivity index (χ1n) is 32.2. The Bertz CT molecular complexity index is 4970. The predicted octanol–water partition coefficient (Wildman–Crippen LogP) is 24.3. The SMILES string of the molecule is c1ccc(C(=C(c2ccccc2)c2ccc(N(c3ccc(-c4ccc(-c5ccc(N(c6ccc(C(=C(c7ccccc7)c7ccccc7)c7ccccc7)cc6)c6cccc7ccccc67)cc5)c5nsnc45)cc3)c3cccc4ccccc34)cc2)c2ccccc2)cc1. The Labute approximate surface area is 558 Å². The highest BCUT2D eigenvalue weighted by Crippen LogP contribution is 2.46. The molecule has 1 aromatic heterocycles. The number of rotatable bonds is 16. The summed E-state index contributed by atoms with van der Waals surface area (Å²) in [5.41, 5.74) is 26.2. The van der Waals surface area contributed by atoms with Crippen molar-refractivity contribution in [3.63, 3.8) is 0 Å². The van der Waals surface area contributed by atoms with Crippen molar-refractivity contribution in [3.8, 4) is 22.3 Å². The summed E-state index contributed by atoms with van der Waals surface area (Å²) in [7, 11) is 0. The number of benzene rings is 15. The van der Waals surface area contributed by atoms with Crippen molar-refractivity contribution in [2.45, 2.75) is 0 Å². The average Bonchev–Trinajstić information content (AvgIpc) is 1.46. The second kappa shape index (κ2) is 26.1. The number of hydrogen-bond donors (Lipinski definition) is 0. The van der Waals surface area contributed by atoms with Crippen molar-refractivity contribution in [2.24, 2.45) is 0 Å². The second-order valence-electron chi connectivity index (χ2n) is 23.7. The van der Waals surface area contributed by atoms with Gasteiger partial charge in [0.2, 0.25) is 0 Å². The summed E-state index contributed by atoms with van der Waals surface area (Å²) in [5, 5.41) is 4.69. The van der Waals surface area contributed by atoms with Gasteiger partial charge in [-0.1, -0.05) is 315 Å².